The van der Waals surface area contributed by atoms with Crippen LogP contribution in [0.3, 0.4) is 0 Å². The second-order valence-electron chi connectivity index (χ2n) is 5.59. The highest BCUT2D eigenvalue weighted by Gasteiger charge is 2.23. The number of ether oxygens (including phenoxy) is 1. The third kappa shape index (κ3) is 4.14. The number of nitrogens with one attached hydrogen (secondary N) is 1. The van der Waals surface area contributed by atoms with Crippen LogP contribution in [0.1, 0.15) is 33.3 Å². The number of morpholine rings is 1. The molecule has 5 heteroatoms. The lowest BCUT2D eigenvalue weighted by Crippen LogP contribution is -2.46. The molecule has 2 atom stereocenters. The molecule has 0 aromatic carbocycles. The Morgan fingerprint density at radius 2 is 1.84 bits per heavy atom. The first-order chi connectivity index (χ1) is 9.04. The molecular weight excluding hydrogens is 240 g/mol. The molecule has 2 rings (SSSR count). The minimum Gasteiger partial charge on any atom is -0.372 e. The van der Waals surface area contributed by atoms with E-state index in [-0.39, 0.29) is 12.2 Å². The first kappa shape index (κ1) is 14.2. The second kappa shape index (κ2) is 6.30. The van der Waals surface area contributed by atoms with Gasteiger partial charge in [-0.1, -0.05) is 13.8 Å². The maximum Gasteiger partial charge on any atom is 0.225 e. The highest BCUT2D eigenvalue weighted by atomic mass is 16.5. The van der Waals surface area contributed by atoms with Crippen molar-refractivity contribution in [2.24, 2.45) is 0 Å². The van der Waals surface area contributed by atoms with Crippen molar-refractivity contribution in [1.82, 2.24) is 15.3 Å². The largest absolute Gasteiger partial charge is 0.372 e. The van der Waals surface area contributed by atoms with Crippen LogP contribution in [0.2, 0.25) is 0 Å². The SMILES string of the molecule is CC(C)NCc1cnc(N2CC(C)OC(C)C2)nc1. The van der Waals surface area contributed by atoms with Crippen molar-refractivity contribution in [3.05, 3.63) is 18.0 Å². The first-order valence-corrected chi connectivity index (χ1v) is 6.99. The van der Waals surface area contributed by atoms with Crippen LogP contribution in [0.15, 0.2) is 12.4 Å². The molecule has 106 valence electrons. The molecule has 2 unspecified atom stereocenters. The number of nitrogens with zero attached hydrogens (tertiary/aromatic N) is 3. The molecule has 0 spiro atoms. The molecule has 0 aliphatic carbocycles. The zero-order valence-corrected chi connectivity index (χ0v) is 12.3. The highest BCUT2D eigenvalue weighted by molar-refractivity contribution is 5.31. The summed E-state index contributed by atoms with van der Waals surface area (Å²) in [6.45, 7) is 11.0. The van der Waals surface area contributed by atoms with Crippen LogP contribution in [-0.2, 0) is 11.3 Å². The quantitative estimate of drug-likeness (QED) is 0.895. The maximum absolute atomic E-state index is 5.72. The van der Waals surface area contributed by atoms with Crippen LogP contribution in [0, 0.1) is 0 Å². The van der Waals surface area contributed by atoms with Gasteiger partial charge in [0.1, 0.15) is 0 Å². The van der Waals surface area contributed by atoms with Crippen molar-refractivity contribution in [2.75, 3.05) is 18.0 Å². The minimum atomic E-state index is 0.231. The fourth-order valence-corrected chi connectivity index (χ4v) is 2.27. The standard InChI is InChI=1S/C14H24N4O/c1-10(2)15-5-13-6-16-14(17-7-13)18-8-11(3)19-12(4)9-18/h6-7,10-12,15H,5,8-9H2,1-4H3. The average molecular weight is 264 g/mol. The van der Waals surface area contributed by atoms with E-state index in [4.69, 9.17) is 4.74 Å². The highest BCUT2D eigenvalue weighted by Crippen LogP contribution is 2.16. The van der Waals surface area contributed by atoms with E-state index >= 15 is 0 Å². The van der Waals surface area contributed by atoms with Crippen molar-refractivity contribution in [3.63, 3.8) is 0 Å². The molecule has 1 fully saturated rings. The predicted octanol–water partition coefficient (Wildman–Crippen LogP) is 1.59. The summed E-state index contributed by atoms with van der Waals surface area (Å²) in [6, 6.07) is 0.473. The molecule has 2 heterocycles. The maximum atomic E-state index is 5.72. The molecule has 1 N–H and O–H groups in total. The Bertz CT molecular complexity index is 383. The van der Waals surface area contributed by atoms with Crippen molar-refractivity contribution in [3.8, 4) is 0 Å². The predicted molar refractivity (Wildman–Crippen MR) is 76.2 cm³/mol. The van der Waals surface area contributed by atoms with Gasteiger partial charge < -0.3 is 15.0 Å². The van der Waals surface area contributed by atoms with Crippen LogP contribution in [-0.4, -0.2) is 41.3 Å². The van der Waals surface area contributed by atoms with Gasteiger partial charge in [0.25, 0.3) is 0 Å². The number of rotatable bonds is 4. The lowest BCUT2D eigenvalue weighted by Gasteiger charge is -2.35. The van der Waals surface area contributed by atoms with Gasteiger partial charge in [-0.25, -0.2) is 9.97 Å². The Morgan fingerprint density at radius 1 is 1.26 bits per heavy atom. The summed E-state index contributed by atoms with van der Waals surface area (Å²) < 4.78 is 5.72. The first-order valence-electron chi connectivity index (χ1n) is 6.99. The van der Waals surface area contributed by atoms with Gasteiger partial charge in [0.15, 0.2) is 0 Å². The van der Waals surface area contributed by atoms with Gasteiger partial charge in [0.05, 0.1) is 12.2 Å². The van der Waals surface area contributed by atoms with E-state index < -0.39 is 0 Å². The molecule has 1 aliphatic rings. The fourth-order valence-electron chi connectivity index (χ4n) is 2.27. The second-order valence-corrected chi connectivity index (χ2v) is 5.59. The van der Waals surface area contributed by atoms with Gasteiger partial charge in [-0.15, -0.1) is 0 Å². The van der Waals surface area contributed by atoms with Crippen LogP contribution in [0.25, 0.3) is 0 Å². The molecule has 1 aromatic heterocycles. The molecule has 5 nitrogen and oxygen atoms in total. The van der Waals surface area contributed by atoms with Crippen molar-refractivity contribution in [1.29, 1.82) is 0 Å². The Kier molecular flexibility index (Phi) is 4.71. The summed E-state index contributed by atoms with van der Waals surface area (Å²) in [6.07, 6.45) is 4.27. The number of anilines is 1. The van der Waals surface area contributed by atoms with E-state index in [1.165, 1.54) is 0 Å². The van der Waals surface area contributed by atoms with E-state index in [1.807, 2.05) is 12.4 Å². The lowest BCUT2D eigenvalue weighted by molar-refractivity contribution is -0.00572. The molecule has 0 bridgehead atoms. The van der Waals surface area contributed by atoms with Gasteiger partial charge in [-0.05, 0) is 13.8 Å². The minimum absolute atomic E-state index is 0.231. The van der Waals surface area contributed by atoms with Gasteiger partial charge in [0.2, 0.25) is 5.95 Å². The summed E-state index contributed by atoms with van der Waals surface area (Å²) in [5.74, 6) is 0.801. The Balaban J connectivity index is 1.97. The fraction of sp³-hybridized carbons (Fsp3) is 0.714. The van der Waals surface area contributed by atoms with Gasteiger partial charge in [-0.2, -0.15) is 0 Å². The van der Waals surface area contributed by atoms with Crippen LogP contribution in [0.5, 0.6) is 0 Å². The number of hydrogen-bond acceptors (Lipinski definition) is 5. The van der Waals surface area contributed by atoms with Crippen molar-refractivity contribution >= 4 is 5.95 Å². The van der Waals surface area contributed by atoms with Crippen molar-refractivity contribution in [2.45, 2.75) is 52.5 Å². The Morgan fingerprint density at radius 3 is 2.37 bits per heavy atom. The lowest BCUT2D eigenvalue weighted by atomic mass is 10.2. The molecule has 0 radical (unpaired) electrons. The van der Waals surface area contributed by atoms with E-state index in [9.17, 15) is 0 Å². The average Bonchev–Trinajstić information content (AvgIpc) is 2.36. The Hall–Kier alpha value is -1.20. The van der Waals surface area contributed by atoms with Crippen LogP contribution < -0.4 is 10.2 Å². The smallest absolute Gasteiger partial charge is 0.225 e. The van der Waals surface area contributed by atoms with E-state index in [0.29, 0.717) is 6.04 Å². The van der Waals surface area contributed by atoms with Crippen molar-refractivity contribution < 1.29 is 4.74 Å². The normalized spacial score (nSPS) is 23.9. The molecule has 1 aliphatic heterocycles. The van der Waals surface area contributed by atoms with Gasteiger partial charge in [-0.3, -0.25) is 0 Å². The summed E-state index contributed by atoms with van der Waals surface area (Å²) >= 11 is 0. The summed E-state index contributed by atoms with van der Waals surface area (Å²) in [5.41, 5.74) is 1.12. The third-order valence-corrected chi connectivity index (χ3v) is 3.11. The van der Waals surface area contributed by atoms with Gasteiger partial charge in [0, 0.05) is 43.6 Å². The van der Waals surface area contributed by atoms with Gasteiger partial charge >= 0.3 is 0 Å². The molecule has 0 saturated carbocycles. The monoisotopic (exact) mass is 264 g/mol. The van der Waals surface area contributed by atoms with E-state index in [1.54, 1.807) is 0 Å². The zero-order valence-electron chi connectivity index (χ0n) is 12.3. The summed E-state index contributed by atoms with van der Waals surface area (Å²) in [7, 11) is 0. The summed E-state index contributed by atoms with van der Waals surface area (Å²) in [5, 5.41) is 3.36. The molecule has 1 aromatic rings. The van der Waals surface area contributed by atoms with Crippen LogP contribution in [0.4, 0.5) is 5.95 Å². The molecular formula is C14H24N4O. The zero-order chi connectivity index (χ0) is 13.8. The molecule has 19 heavy (non-hydrogen) atoms. The van der Waals surface area contributed by atoms with E-state index in [0.717, 1.165) is 31.1 Å². The van der Waals surface area contributed by atoms with E-state index in [2.05, 4.69) is 47.9 Å². The molecule has 0 amide bonds. The topological polar surface area (TPSA) is 50.3 Å². The molecule has 1 saturated heterocycles. The number of hydrogen-bond donors (Lipinski definition) is 1. The third-order valence-electron chi connectivity index (χ3n) is 3.11. The number of aromatic nitrogens is 2. The Labute approximate surface area is 115 Å². The summed E-state index contributed by atoms with van der Waals surface area (Å²) in [4.78, 5) is 11.1. The van der Waals surface area contributed by atoms with Crippen LogP contribution >= 0.6 is 0 Å².